The Morgan fingerprint density at radius 2 is 2.20 bits per heavy atom. The van der Waals surface area contributed by atoms with Crippen LogP contribution in [0.1, 0.15) is 30.7 Å². The Kier molecular flexibility index (Phi) is 4.53. The second-order valence-corrected chi connectivity index (χ2v) is 7.05. The number of hydrogen-bond acceptors (Lipinski definition) is 5. The third-order valence-electron chi connectivity index (χ3n) is 5.15. The molecule has 1 saturated heterocycles. The molecule has 2 N–H and O–H groups in total. The van der Waals surface area contributed by atoms with Crippen LogP contribution in [0.4, 0.5) is 16.0 Å². The number of halogens is 1. The van der Waals surface area contributed by atoms with Crippen LogP contribution >= 0.6 is 0 Å². The van der Waals surface area contributed by atoms with Crippen LogP contribution in [-0.2, 0) is 0 Å². The van der Waals surface area contributed by atoms with Crippen LogP contribution in [-0.4, -0.2) is 40.8 Å². The smallest absolute Gasteiger partial charge is 0.134 e. The second-order valence-electron chi connectivity index (χ2n) is 7.05. The molecule has 2 aliphatic rings. The summed E-state index contributed by atoms with van der Waals surface area (Å²) in [6.45, 7) is 2.02. The largest absolute Gasteiger partial charge is 0.396 e. The molecule has 2 heterocycles. The van der Waals surface area contributed by atoms with E-state index in [4.69, 9.17) is 0 Å². The number of piperidine rings is 1. The van der Waals surface area contributed by atoms with E-state index >= 15 is 0 Å². The maximum atomic E-state index is 13.4. The van der Waals surface area contributed by atoms with Gasteiger partial charge in [-0.15, -0.1) is 0 Å². The molecule has 4 rings (SSSR count). The van der Waals surface area contributed by atoms with Gasteiger partial charge in [0.2, 0.25) is 0 Å². The highest BCUT2D eigenvalue weighted by Crippen LogP contribution is 2.42. The first-order chi connectivity index (χ1) is 12.2. The number of nitrogens with zero attached hydrogens (tertiary/aromatic N) is 3. The van der Waals surface area contributed by atoms with Gasteiger partial charge < -0.3 is 15.3 Å². The van der Waals surface area contributed by atoms with Gasteiger partial charge in [-0.3, -0.25) is 0 Å². The van der Waals surface area contributed by atoms with Crippen LogP contribution < -0.4 is 10.2 Å². The predicted molar refractivity (Wildman–Crippen MR) is 95.2 cm³/mol. The molecule has 2 aromatic rings. The minimum atomic E-state index is -0.184. The zero-order chi connectivity index (χ0) is 17.2. The Morgan fingerprint density at radius 1 is 1.28 bits per heavy atom. The van der Waals surface area contributed by atoms with E-state index in [-0.39, 0.29) is 18.5 Å². The highest BCUT2D eigenvalue weighted by Gasteiger charge is 2.38. The molecule has 132 valence electrons. The highest BCUT2D eigenvalue weighted by atomic mass is 19.1. The molecule has 2 fully saturated rings. The number of hydrogen-bond donors (Lipinski definition) is 2. The number of aromatic nitrogens is 2. The van der Waals surface area contributed by atoms with Gasteiger partial charge in [0.1, 0.15) is 23.8 Å². The maximum absolute atomic E-state index is 13.4. The summed E-state index contributed by atoms with van der Waals surface area (Å²) in [7, 11) is 0. The summed E-state index contributed by atoms with van der Waals surface area (Å²) in [5, 5.41) is 12.8. The second kappa shape index (κ2) is 6.96. The van der Waals surface area contributed by atoms with Gasteiger partial charge in [0.05, 0.1) is 0 Å². The van der Waals surface area contributed by atoms with E-state index in [0.29, 0.717) is 11.8 Å². The Labute approximate surface area is 146 Å². The molecule has 3 atom stereocenters. The number of nitrogens with one attached hydrogen (secondary N) is 1. The molecule has 1 aliphatic carbocycles. The Balaban J connectivity index is 1.41. The van der Waals surface area contributed by atoms with Crippen LogP contribution in [0.2, 0.25) is 0 Å². The third kappa shape index (κ3) is 3.74. The van der Waals surface area contributed by atoms with Crippen molar-refractivity contribution in [3.05, 3.63) is 48.0 Å². The van der Waals surface area contributed by atoms with Gasteiger partial charge in [-0.05, 0) is 42.9 Å². The molecule has 6 heteroatoms. The summed E-state index contributed by atoms with van der Waals surface area (Å²) < 4.78 is 13.4. The van der Waals surface area contributed by atoms with Gasteiger partial charge in [0.15, 0.2) is 0 Å². The van der Waals surface area contributed by atoms with Crippen molar-refractivity contribution in [2.45, 2.75) is 31.2 Å². The van der Waals surface area contributed by atoms with Crippen molar-refractivity contribution in [2.24, 2.45) is 5.92 Å². The summed E-state index contributed by atoms with van der Waals surface area (Å²) >= 11 is 0. The first-order valence-electron chi connectivity index (χ1n) is 8.93. The average molecular weight is 342 g/mol. The van der Waals surface area contributed by atoms with Gasteiger partial charge in [-0.2, -0.15) is 0 Å². The fourth-order valence-corrected chi connectivity index (χ4v) is 3.67. The molecular weight excluding hydrogens is 319 g/mol. The van der Waals surface area contributed by atoms with Crippen LogP contribution in [0.25, 0.3) is 0 Å². The molecule has 1 aromatic heterocycles. The highest BCUT2D eigenvalue weighted by molar-refractivity contribution is 5.51. The van der Waals surface area contributed by atoms with Gasteiger partial charge in [-0.1, -0.05) is 12.1 Å². The minimum Gasteiger partial charge on any atom is -0.396 e. The van der Waals surface area contributed by atoms with Crippen molar-refractivity contribution in [1.82, 2.24) is 9.97 Å². The molecular formula is C19H23FN4O. The van der Waals surface area contributed by atoms with Crippen molar-refractivity contribution in [3.8, 4) is 0 Å². The lowest BCUT2D eigenvalue weighted by atomic mass is 9.99. The molecule has 1 saturated carbocycles. The standard InChI is InChI=1S/C19H23FN4O/c20-15-5-1-4-14(7-15)16-8-17(16)23-18-9-19(22-12-21-18)24-6-2-3-13(10-24)11-25/h1,4-5,7,9,12-13,16-17,25H,2-3,6,8,10-11H2,(H,21,22,23)/t13?,16-,17+/m0/s1. The lowest BCUT2D eigenvalue weighted by Gasteiger charge is -2.32. The van der Waals surface area contributed by atoms with E-state index < -0.39 is 0 Å². The molecule has 5 nitrogen and oxygen atoms in total. The zero-order valence-corrected chi connectivity index (χ0v) is 14.1. The Hall–Kier alpha value is -2.21. The summed E-state index contributed by atoms with van der Waals surface area (Å²) in [5.41, 5.74) is 1.04. The lowest BCUT2D eigenvalue weighted by molar-refractivity contribution is 0.208. The number of aliphatic hydroxyl groups is 1. The fourth-order valence-electron chi connectivity index (χ4n) is 3.67. The van der Waals surface area contributed by atoms with Crippen molar-refractivity contribution >= 4 is 11.6 Å². The number of rotatable bonds is 5. The minimum absolute atomic E-state index is 0.184. The molecule has 1 aromatic carbocycles. The van der Waals surface area contributed by atoms with E-state index in [1.165, 1.54) is 6.07 Å². The molecule has 1 aliphatic heterocycles. The Bertz CT molecular complexity index is 741. The van der Waals surface area contributed by atoms with Crippen LogP contribution in [0.5, 0.6) is 0 Å². The van der Waals surface area contributed by atoms with Gasteiger partial charge in [0.25, 0.3) is 0 Å². The van der Waals surface area contributed by atoms with Crippen LogP contribution in [0.15, 0.2) is 36.7 Å². The average Bonchev–Trinajstić information content (AvgIpc) is 3.41. The molecule has 0 spiro atoms. The molecule has 0 amide bonds. The maximum Gasteiger partial charge on any atom is 0.134 e. The summed E-state index contributed by atoms with van der Waals surface area (Å²) in [6, 6.07) is 9.08. The Morgan fingerprint density at radius 3 is 3.04 bits per heavy atom. The van der Waals surface area contributed by atoms with Crippen molar-refractivity contribution in [1.29, 1.82) is 0 Å². The SMILES string of the molecule is OCC1CCCN(c2cc(N[C@@H]3C[C@H]3c3cccc(F)c3)ncn2)C1. The van der Waals surface area contributed by atoms with Crippen molar-refractivity contribution < 1.29 is 9.50 Å². The van der Waals surface area contributed by atoms with E-state index in [1.807, 2.05) is 12.1 Å². The van der Waals surface area contributed by atoms with Gasteiger partial charge in [0, 0.05) is 37.7 Å². The van der Waals surface area contributed by atoms with Gasteiger partial charge in [-0.25, -0.2) is 14.4 Å². The first kappa shape index (κ1) is 16.3. The summed E-state index contributed by atoms with van der Waals surface area (Å²) in [4.78, 5) is 10.9. The summed E-state index contributed by atoms with van der Waals surface area (Å²) in [5.74, 6) is 2.18. The zero-order valence-electron chi connectivity index (χ0n) is 14.1. The number of aliphatic hydroxyl groups excluding tert-OH is 1. The molecule has 25 heavy (non-hydrogen) atoms. The van der Waals surface area contributed by atoms with E-state index in [1.54, 1.807) is 18.5 Å². The lowest BCUT2D eigenvalue weighted by Crippen LogP contribution is -2.37. The van der Waals surface area contributed by atoms with E-state index in [2.05, 4.69) is 20.2 Å². The molecule has 0 bridgehead atoms. The van der Waals surface area contributed by atoms with Gasteiger partial charge >= 0.3 is 0 Å². The van der Waals surface area contributed by atoms with E-state index in [0.717, 1.165) is 49.6 Å². The van der Waals surface area contributed by atoms with Crippen molar-refractivity contribution in [3.63, 3.8) is 0 Å². The first-order valence-corrected chi connectivity index (χ1v) is 8.93. The quantitative estimate of drug-likeness (QED) is 0.875. The van der Waals surface area contributed by atoms with Crippen molar-refractivity contribution in [2.75, 3.05) is 29.9 Å². The fraction of sp³-hybridized carbons (Fsp3) is 0.474. The third-order valence-corrected chi connectivity index (χ3v) is 5.15. The topological polar surface area (TPSA) is 61.3 Å². The van der Waals surface area contributed by atoms with Crippen LogP contribution in [0, 0.1) is 11.7 Å². The molecule has 1 unspecified atom stereocenters. The predicted octanol–water partition coefficient (Wildman–Crippen LogP) is 2.79. The summed E-state index contributed by atoms with van der Waals surface area (Å²) in [6.07, 6.45) is 4.71. The van der Waals surface area contributed by atoms with Crippen LogP contribution in [0.3, 0.4) is 0 Å². The van der Waals surface area contributed by atoms with E-state index in [9.17, 15) is 9.50 Å². The molecule has 0 radical (unpaired) electrons. The number of benzene rings is 1. The normalized spacial score (nSPS) is 25.7. The number of anilines is 2. The monoisotopic (exact) mass is 342 g/mol.